The Balaban J connectivity index is 1.58. The second-order valence-electron chi connectivity index (χ2n) is 8.93. The molecular formula is C25H37NO2. The fraction of sp³-hybridized carbons (Fsp3) is 0.600. The summed E-state index contributed by atoms with van der Waals surface area (Å²) in [7, 11) is 4.15. The van der Waals surface area contributed by atoms with E-state index in [1.807, 2.05) is 6.08 Å². The Kier molecular flexibility index (Phi) is 7.36. The fourth-order valence-corrected chi connectivity index (χ4v) is 4.90. The molecule has 1 saturated carbocycles. The lowest BCUT2D eigenvalue weighted by Gasteiger charge is -2.19. The van der Waals surface area contributed by atoms with Gasteiger partial charge in [-0.25, -0.2) is 0 Å². The zero-order chi connectivity index (χ0) is 20.1. The van der Waals surface area contributed by atoms with Crippen molar-refractivity contribution < 1.29 is 10.2 Å². The molecule has 1 fully saturated rings. The van der Waals surface area contributed by atoms with Crippen LogP contribution in [0.4, 0.5) is 5.69 Å². The van der Waals surface area contributed by atoms with Crippen molar-refractivity contribution >= 4 is 5.69 Å². The van der Waals surface area contributed by atoms with Crippen LogP contribution in [-0.2, 0) is 6.42 Å². The SMILES string of the molecule is CCCCC[C@H](O)/C=C/[C@@H]1[C@H]2CC(Cc3cccc(N(C)C)c3)=C[C@H]2C[C@H]1O. The summed E-state index contributed by atoms with van der Waals surface area (Å²) in [4.78, 5) is 2.14. The van der Waals surface area contributed by atoms with Gasteiger partial charge in [0.05, 0.1) is 12.2 Å². The molecule has 0 radical (unpaired) electrons. The summed E-state index contributed by atoms with van der Waals surface area (Å²) >= 11 is 0. The van der Waals surface area contributed by atoms with E-state index in [4.69, 9.17) is 0 Å². The molecular weight excluding hydrogens is 346 g/mol. The second-order valence-corrected chi connectivity index (χ2v) is 8.93. The summed E-state index contributed by atoms with van der Waals surface area (Å²) < 4.78 is 0. The smallest absolute Gasteiger partial charge is 0.0721 e. The Labute approximate surface area is 170 Å². The van der Waals surface area contributed by atoms with E-state index in [9.17, 15) is 10.2 Å². The molecule has 0 aliphatic heterocycles. The summed E-state index contributed by atoms with van der Waals surface area (Å²) in [6.07, 6.45) is 13.0. The Morgan fingerprint density at radius 2 is 2.07 bits per heavy atom. The number of aliphatic hydroxyl groups excluding tert-OH is 2. The van der Waals surface area contributed by atoms with Gasteiger partial charge < -0.3 is 15.1 Å². The quantitative estimate of drug-likeness (QED) is 0.478. The molecule has 0 saturated heterocycles. The van der Waals surface area contributed by atoms with E-state index in [1.165, 1.54) is 29.7 Å². The van der Waals surface area contributed by atoms with Crippen molar-refractivity contribution in [2.45, 2.75) is 64.1 Å². The molecule has 3 nitrogen and oxygen atoms in total. The first-order valence-electron chi connectivity index (χ1n) is 11.0. The van der Waals surface area contributed by atoms with Crippen LogP contribution in [0.15, 0.2) is 48.1 Å². The average Bonchev–Trinajstić information content (AvgIpc) is 3.16. The molecule has 5 atom stereocenters. The molecule has 0 bridgehead atoms. The highest BCUT2D eigenvalue weighted by atomic mass is 16.3. The van der Waals surface area contributed by atoms with Gasteiger partial charge in [0.1, 0.15) is 0 Å². The number of unbranched alkanes of at least 4 members (excludes halogenated alkanes) is 2. The van der Waals surface area contributed by atoms with Crippen LogP contribution in [0.3, 0.4) is 0 Å². The third-order valence-corrected chi connectivity index (χ3v) is 6.47. The van der Waals surface area contributed by atoms with Crippen LogP contribution in [0.2, 0.25) is 0 Å². The molecule has 1 aromatic rings. The third kappa shape index (κ3) is 5.27. The van der Waals surface area contributed by atoms with E-state index in [0.29, 0.717) is 11.8 Å². The van der Waals surface area contributed by atoms with Gasteiger partial charge in [0.25, 0.3) is 0 Å². The molecule has 0 aromatic heterocycles. The molecule has 3 rings (SSSR count). The first-order valence-corrected chi connectivity index (χ1v) is 11.0. The Hall–Kier alpha value is -1.58. The lowest BCUT2D eigenvalue weighted by Crippen LogP contribution is -2.18. The van der Waals surface area contributed by atoms with Crippen LogP contribution < -0.4 is 4.90 Å². The summed E-state index contributed by atoms with van der Waals surface area (Å²) in [6, 6.07) is 8.76. The molecule has 28 heavy (non-hydrogen) atoms. The van der Waals surface area contributed by atoms with Crippen molar-refractivity contribution in [2.24, 2.45) is 17.8 Å². The van der Waals surface area contributed by atoms with Gasteiger partial charge in [-0.3, -0.25) is 0 Å². The van der Waals surface area contributed by atoms with Crippen LogP contribution in [0, 0.1) is 17.8 Å². The summed E-state index contributed by atoms with van der Waals surface area (Å²) in [5, 5.41) is 20.7. The van der Waals surface area contributed by atoms with Crippen LogP contribution in [0.5, 0.6) is 0 Å². The lowest BCUT2D eigenvalue weighted by atomic mass is 9.88. The highest BCUT2D eigenvalue weighted by molar-refractivity contribution is 5.48. The standard InChI is InChI=1S/C25H37NO2/c1-4-5-6-10-22(27)11-12-23-24-16-19(14-20(24)17-25(23)28)13-18-8-7-9-21(15-18)26(2)3/h7-9,11-12,14-15,20,22-25,27-28H,4-6,10,13,16-17H2,1-3H3/b12-11+/t20-,22-,23+,24-,25+/m0/s1. The third-order valence-electron chi connectivity index (χ3n) is 6.47. The average molecular weight is 384 g/mol. The number of benzene rings is 1. The molecule has 0 amide bonds. The minimum absolute atomic E-state index is 0.174. The number of anilines is 1. The monoisotopic (exact) mass is 383 g/mol. The van der Waals surface area contributed by atoms with Crippen LogP contribution in [0.1, 0.15) is 51.0 Å². The Morgan fingerprint density at radius 3 is 2.82 bits per heavy atom. The number of hydrogen-bond acceptors (Lipinski definition) is 3. The van der Waals surface area contributed by atoms with Gasteiger partial charge in [0.2, 0.25) is 0 Å². The van der Waals surface area contributed by atoms with Crippen molar-refractivity contribution in [3.05, 3.63) is 53.6 Å². The molecule has 1 aromatic carbocycles. The predicted octanol–water partition coefficient (Wildman–Crippen LogP) is 4.74. The molecule has 2 aliphatic rings. The maximum atomic E-state index is 10.5. The van der Waals surface area contributed by atoms with Crippen molar-refractivity contribution in [1.29, 1.82) is 0 Å². The van der Waals surface area contributed by atoms with Gasteiger partial charge in [-0.2, -0.15) is 0 Å². The van der Waals surface area contributed by atoms with E-state index in [1.54, 1.807) is 0 Å². The van der Waals surface area contributed by atoms with Crippen LogP contribution in [0.25, 0.3) is 0 Å². The first-order chi connectivity index (χ1) is 13.5. The number of allylic oxidation sites excluding steroid dienone is 2. The summed E-state index contributed by atoms with van der Waals surface area (Å²) in [5.74, 6) is 1.14. The van der Waals surface area contributed by atoms with Gasteiger partial charge in [0.15, 0.2) is 0 Å². The summed E-state index contributed by atoms with van der Waals surface area (Å²) in [5.41, 5.74) is 4.10. The van der Waals surface area contributed by atoms with Crippen molar-refractivity contribution in [3.8, 4) is 0 Å². The molecule has 2 N–H and O–H groups in total. The summed E-state index contributed by atoms with van der Waals surface area (Å²) in [6.45, 7) is 2.18. The maximum Gasteiger partial charge on any atom is 0.0721 e. The molecule has 0 heterocycles. The van der Waals surface area contributed by atoms with E-state index in [0.717, 1.165) is 32.1 Å². The number of nitrogens with zero attached hydrogens (tertiary/aromatic N) is 1. The maximum absolute atomic E-state index is 10.5. The van der Waals surface area contributed by atoms with Gasteiger partial charge in [-0.15, -0.1) is 0 Å². The molecule has 0 unspecified atom stereocenters. The van der Waals surface area contributed by atoms with Gasteiger partial charge in [-0.05, 0) is 55.2 Å². The zero-order valence-corrected chi connectivity index (χ0v) is 17.7. The van der Waals surface area contributed by atoms with Gasteiger partial charge in [-0.1, -0.05) is 62.1 Å². The minimum Gasteiger partial charge on any atom is -0.392 e. The van der Waals surface area contributed by atoms with Crippen LogP contribution >= 0.6 is 0 Å². The second kappa shape index (κ2) is 9.76. The topological polar surface area (TPSA) is 43.7 Å². The highest BCUT2D eigenvalue weighted by Crippen LogP contribution is 2.48. The molecule has 154 valence electrons. The first kappa shape index (κ1) is 21.1. The van der Waals surface area contributed by atoms with Crippen molar-refractivity contribution in [2.75, 3.05) is 19.0 Å². The normalized spacial score (nSPS) is 27.8. The van der Waals surface area contributed by atoms with Gasteiger partial charge >= 0.3 is 0 Å². The Morgan fingerprint density at radius 1 is 1.25 bits per heavy atom. The van der Waals surface area contributed by atoms with Crippen LogP contribution in [-0.4, -0.2) is 36.5 Å². The number of aliphatic hydroxyl groups is 2. The van der Waals surface area contributed by atoms with E-state index in [-0.39, 0.29) is 18.1 Å². The van der Waals surface area contributed by atoms with E-state index >= 15 is 0 Å². The predicted molar refractivity (Wildman–Crippen MR) is 118 cm³/mol. The largest absolute Gasteiger partial charge is 0.392 e. The minimum atomic E-state index is -0.375. The zero-order valence-electron chi connectivity index (χ0n) is 17.7. The molecule has 2 aliphatic carbocycles. The number of fused-ring (bicyclic) bond motifs is 1. The molecule has 0 spiro atoms. The van der Waals surface area contributed by atoms with Gasteiger partial charge in [0, 0.05) is 25.7 Å². The fourth-order valence-electron chi connectivity index (χ4n) is 4.90. The number of rotatable bonds is 9. The molecule has 3 heteroatoms. The van der Waals surface area contributed by atoms with Crippen molar-refractivity contribution in [1.82, 2.24) is 0 Å². The Bertz CT molecular complexity index is 694. The number of hydrogen-bond donors (Lipinski definition) is 2. The highest BCUT2D eigenvalue weighted by Gasteiger charge is 2.43. The van der Waals surface area contributed by atoms with E-state index in [2.05, 4.69) is 62.3 Å². The lowest BCUT2D eigenvalue weighted by molar-refractivity contribution is 0.139. The van der Waals surface area contributed by atoms with E-state index < -0.39 is 0 Å². The van der Waals surface area contributed by atoms with Crippen molar-refractivity contribution in [3.63, 3.8) is 0 Å².